The van der Waals surface area contributed by atoms with Crippen LogP contribution < -0.4 is 10.6 Å². The molecule has 2 fully saturated rings. The molecule has 2 aliphatic rings. The minimum Gasteiger partial charge on any atom is -0.444 e. The predicted molar refractivity (Wildman–Crippen MR) is 107 cm³/mol. The first-order valence-corrected chi connectivity index (χ1v) is 10.3. The van der Waals surface area contributed by atoms with Crippen molar-refractivity contribution in [2.75, 3.05) is 13.1 Å². The molecule has 2 atom stereocenters. The van der Waals surface area contributed by atoms with Crippen molar-refractivity contribution >= 4 is 23.6 Å². The maximum absolute atomic E-state index is 12.6. The van der Waals surface area contributed by atoms with Crippen molar-refractivity contribution in [3.63, 3.8) is 0 Å². The quantitative estimate of drug-likeness (QED) is 0.691. The molecule has 2 heterocycles. The molecule has 0 radical (unpaired) electrons. The fourth-order valence-corrected chi connectivity index (χ4v) is 3.57. The fraction of sp³-hybridized carbons (Fsp3) is 0.737. The van der Waals surface area contributed by atoms with Crippen molar-refractivity contribution in [2.24, 2.45) is 0 Å². The van der Waals surface area contributed by atoms with Gasteiger partial charge in [0.05, 0.1) is 5.69 Å². The molecule has 2 amide bonds. The van der Waals surface area contributed by atoms with E-state index in [0.29, 0.717) is 37.1 Å². The van der Waals surface area contributed by atoms with E-state index in [1.807, 2.05) is 27.7 Å². The molecule has 0 aromatic carbocycles. The molecule has 8 nitrogen and oxygen atoms in total. The summed E-state index contributed by atoms with van der Waals surface area (Å²) in [4.78, 5) is 33.9. The van der Waals surface area contributed by atoms with Gasteiger partial charge in [0, 0.05) is 31.2 Å². The van der Waals surface area contributed by atoms with Gasteiger partial charge in [-0.2, -0.15) is 0 Å². The highest BCUT2D eigenvalue weighted by molar-refractivity contribution is 6.30. The van der Waals surface area contributed by atoms with Crippen LogP contribution in [0, 0.1) is 0 Å². The lowest BCUT2D eigenvalue weighted by Crippen LogP contribution is -2.61. The summed E-state index contributed by atoms with van der Waals surface area (Å²) in [7, 11) is 0. The molecule has 9 heteroatoms. The Hall–Kier alpha value is -1.80. The summed E-state index contributed by atoms with van der Waals surface area (Å²) < 4.78 is 5.50. The molecular formula is C19H30ClN5O3. The van der Waals surface area contributed by atoms with Crippen LogP contribution in [0.5, 0.6) is 0 Å². The number of rotatable bonds is 5. The number of halogens is 1. The maximum Gasteiger partial charge on any atom is 0.410 e. The maximum atomic E-state index is 12.6. The number of likely N-dealkylation sites (tertiary alicyclic amines) is 1. The Morgan fingerprint density at radius 3 is 2.57 bits per heavy atom. The average Bonchev–Trinajstić information content (AvgIpc) is 3.34. The Morgan fingerprint density at radius 2 is 2.00 bits per heavy atom. The number of aromatic nitrogens is 2. The first-order valence-electron chi connectivity index (χ1n) is 9.95. The topological polar surface area (TPSA) is 99.4 Å². The Labute approximate surface area is 170 Å². The van der Waals surface area contributed by atoms with E-state index in [2.05, 4.69) is 20.6 Å². The number of aromatic amines is 1. The highest BCUT2D eigenvalue weighted by Crippen LogP contribution is 2.23. The second kappa shape index (κ2) is 8.29. The smallest absolute Gasteiger partial charge is 0.410 e. The molecule has 3 N–H and O–H groups in total. The summed E-state index contributed by atoms with van der Waals surface area (Å²) >= 11 is 6.05. The van der Waals surface area contributed by atoms with Gasteiger partial charge in [-0.3, -0.25) is 4.79 Å². The van der Waals surface area contributed by atoms with Crippen LogP contribution in [0.2, 0.25) is 5.15 Å². The summed E-state index contributed by atoms with van der Waals surface area (Å²) in [5, 5.41) is 6.95. The molecule has 2 unspecified atom stereocenters. The number of carbonyl (C=O) groups is 2. The van der Waals surface area contributed by atoms with Gasteiger partial charge in [-0.1, -0.05) is 18.5 Å². The van der Waals surface area contributed by atoms with Gasteiger partial charge in [-0.05, 0) is 46.5 Å². The van der Waals surface area contributed by atoms with Gasteiger partial charge in [0.1, 0.15) is 5.60 Å². The zero-order valence-corrected chi connectivity index (χ0v) is 17.7. The van der Waals surface area contributed by atoms with E-state index in [4.69, 9.17) is 16.3 Å². The van der Waals surface area contributed by atoms with E-state index in [-0.39, 0.29) is 29.9 Å². The Balaban J connectivity index is 1.64. The number of piperidine rings is 1. The van der Waals surface area contributed by atoms with Crippen molar-refractivity contribution in [1.29, 1.82) is 0 Å². The molecule has 28 heavy (non-hydrogen) atoms. The minimum atomic E-state index is -0.531. The van der Waals surface area contributed by atoms with Gasteiger partial charge in [-0.15, -0.1) is 0 Å². The monoisotopic (exact) mass is 411 g/mol. The first kappa shape index (κ1) is 20.9. The third-order valence-electron chi connectivity index (χ3n) is 4.91. The highest BCUT2D eigenvalue weighted by atomic mass is 35.5. The number of nitrogens with zero attached hydrogens (tertiary/aromatic N) is 2. The van der Waals surface area contributed by atoms with E-state index >= 15 is 0 Å². The predicted octanol–water partition coefficient (Wildman–Crippen LogP) is 2.49. The van der Waals surface area contributed by atoms with Gasteiger partial charge in [-0.25, -0.2) is 9.78 Å². The SMILES string of the molecule is CCc1[nH]c(C(=O)NC2CCN(C(=O)OC(C)(C)C)CC2NC2CC2)nc1Cl. The van der Waals surface area contributed by atoms with Crippen LogP contribution in [0.4, 0.5) is 4.79 Å². The molecule has 1 saturated heterocycles. The van der Waals surface area contributed by atoms with E-state index in [1.54, 1.807) is 4.90 Å². The molecule has 1 aliphatic carbocycles. The van der Waals surface area contributed by atoms with Gasteiger partial charge < -0.3 is 25.3 Å². The summed E-state index contributed by atoms with van der Waals surface area (Å²) in [5.41, 5.74) is 0.219. The Morgan fingerprint density at radius 1 is 1.29 bits per heavy atom. The number of aryl methyl sites for hydroxylation is 1. The molecule has 1 aromatic heterocycles. The largest absolute Gasteiger partial charge is 0.444 e. The van der Waals surface area contributed by atoms with Gasteiger partial charge >= 0.3 is 6.09 Å². The van der Waals surface area contributed by atoms with Crippen molar-refractivity contribution in [3.8, 4) is 0 Å². The number of nitrogens with one attached hydrogen (secondary N) is 3. The van der Waals surface area contributed by atoms with E-state index in [9.17, 15) is 9.59 Å². The molecule has 0 bridgehead atoms. The summed E-state index contributed by atoms with van der Waals surface area (Å²) in [6.45, 7) is 8.55. The Bertz CT molecular complexity index is 726. The molecular weight excluding hydrogens is 382 g/mol. The molecule has 156 valence electrons. The molecule has 1 aromatic rings. The van der Waals surface area contributed by atoms with Crippen molar-refractivity contribution in [1.82, 2.24) is 25.5 Å². The zero-order valence-electron chi connectivity index (χ0n) is 17.0. The van der Waals surface area contributed by atoms with Gasteiger partial charge in [0.25, 0.3) is 5.91 Å². The van der Waals surface area contributed by atoms with Crippen molar-refractivity contribution < 1.29 is 14.3 Å². The molecule has 1 saturated carbocycles. The van der Waals surface area contributed by atoms with Crippen LogP contribution in [0.1, 0.15) is 63.3 Å². The minimum absolute atomic E-state index is 0.0335. The third kappa shape index (κ3) is 5.38. The van der Waals surface area contributed by atoms with Gasteiger partial charge in [0.15, 0.2) is 11.0 Å². The van der Waals surface area contributed by atoms with E-state index in [1.165, 1.54) is 0 Å². The molecule has 3 rings (SSSR count). The van der Waals surface area contributed by atoms with Gasteiger partial charge in [0.2, 0.25) is 0 Å². The lowest BCUT2D eigenvalue weighted by Gasteiger charge is -2.39. The lowest BCUT2D eigenvalue weighted by molar-refractivity contribution is 0.0162. The third-order valence-corrected chi connectivity index (χ3v) is 5.22. The van der Waals surface area contributed by atoms with Crippen molar-refractivity contribution in [3.05, 3.63) is 16.7 Å². The second-order valence-electron chi connectivity index (χ2n) is 8.55. The number of imidazole rings is 1. The number of H-pyrrole nitrogens is 1. The number of hydrogen-bond acceptors (Lipinski definition) is 5. The lowest BCUT2D eigenvalue weighted by atomic mass is 9.99. The number of hydrogen-bond donors (Lipinski definition) is 3. The standard InChI is InChI=1S/C19H30ClN5O3/c1-5-12-15(20)24-16(22-12)17(26)23-13-8-9-25(18(27)28-19(2,3)4)10-14(13)21-11-6-7-11/h11,13-14,21H,5-10H2,1-4H3,(H,22,24)(H,23,26). The summed E-state index contributed by atoms with van der Waals surface area (Å²) in [6.07, 6.45) is 3.25. The van der Waals surface area contributed by atoms with Crippen LogP contribution in [-0.4, -0.2) is 63.7 Å². The Kier molecular flexibility index (Phi) is 6.19. The van der Waals surface area contributed by atoms with Crippen LogP contribution in [-0.2, 0) is 11.2 Å². The summed E-state index contributed by atoms with van der Waals surface area (Å²) in [5.74, 6) is -0.0542. The van der Waals surface area contributed by atoms with E-state index < -0.39 is 5.60 Å². The number of amides is 2. The number of ether oxygens (including phenoxy) is 1. The van der Waals surface area contributed by atoms with Crippen LogP contribution in [0.25, 0.3) is 0 Å². The normalized spacial score (nSPS) is 22.8. The fourth-order valence-electron chi connectivity index (χ4n) is 3.31. The van der Waals surface area contributed by atoms with E-state index in [0.717, 1.165) is 18.5 Å². The van der Waals surface area contributed by atoms with Crippen molar-refractivity contribution in [2.45, 2.75) is 77.1 Å². The molecule has 0 spiro atoms. The van der Waals surface area contributed by atoms with Crippen LogP contribution in [0.3, 0.4) is 0 Å². The van der Waals surface area contributed by atoms with Crippen LogP contribution in [0.15, 0.2) is 0 Å². The zero-order chi connectivity index (χ0) is 20.5. The second-order valence-corrected chi connectivity index (χ2v) is 8.91. The highest BCUT2D eigenvalue weighted by Gasteiger charge is 2.37. The first-order chi connectivity index (χ1) is 13.2. The summed E-state index contributed by atoms with van der Waals surface area (Å²) in [6, 6.07) is 0.322. The van der Waals surface area contributed by atoms with Crippen LogP contribution >= 0.6 is 11.6 Å². The average molecular weight is 412 g/mol. The number of carbonyl (C=O) groups excluding carboxylic acids is 2. The molecule has 1 aliphatic heterocycles.